The third-order valence-electron chi connectivity index (χ3n) is 8.99. The Morgan fingerprint density at radius 2 is 1.04 bits per heavy atom. The lowest BCUT2D eigenvalue weighted by Gasteiger charge is -2.10. The van der Waals surface area contributed by atoms with Crippen LogP contribution in [0.2, 0.25) is 0 Å². The van der Waals surface area contributed by atoms with E-state index in [1.807, 2.05) is 66.7 Å². The highest BCUT2D eigenvalue weighted by molar-refractivity contribution is 6.28. The number of para-hydroxylation sites is 1. The molecule has 0 amide bonds. The van der Waals surface area contributed by atoms with E-state index in [0.717, 1.165) is 66.4 Å². The number of rotatable bonds is 4. The third-order valence-corrected chi connectivity index (χ3v) is 8.99. The summed E-state index contributed by atoms with van der Waals surface area (Å²) < 4.78 is 8.88. The largest absolute Gasteiger partial charge is 0.423 e. The van der Waals surface area contributed by atoms with Crippen molar-refractivity contribution in [2.45, 2.75) is 0 Å². The van der Waals surface area contributed by atoms with Gasteiger partial charge in [0.2, 0.25) is 11.4 Å². The molecule has 0 aliphatic heterocycles. The molecule has 6 nitrogen and oxygen atoms in total. The molecule has 6 heteroatoms. The van der Waals surface area contributed by atoms with Crippen LogP contribution in [0.3, 0.4) is 0 Å². The summed E-state index contributed by atoms with van der Waals surface area (Å²) in [5, 5.41) is 6.91. The second-order valence-electron chi connectivity index (χ2n) is 11.8. The molecule has 4 aromatic heterocycles. The van der Waals surface area contributed by atoms with E-state index in [2.05, 4.69) is 88.4 Å². The summed E-state index contributed by atoms with van der Waals surface area (Å²) in [6.07, 6.45) is 0. The van der Waals surface area contributed by atoms with Gasteiger partial charge in [0.15, 0.2) is 17.5 Å². The molecule has 6 aromatic carbocycles. The summed E-state index contributed by atoms with van der Waals surface area (Å²) in [6.45, 7) is 0. The normalized spacial score (nSPS) is 11.8. The van der Waals surface area contributed by atoms with Crippen LogP contribution in [0.25, 0.3) is 94.6 Å². The molecule has 220 valence electrons. The number of nitrogens with one attached hydrogen (secondary N) is 1. The number of hydrogen-bond acceptors (Lipinski definition) is 4. The van der Waals surface area contributed by atoms with Gasteiger partial charge in [-0.25, -0.2) is 15.0 Å². The molecular weight excluding hydrogens is 578 g/mol. The molecule has 0 radical (unpaired) electrons. The van der Waals surface area contributed by atoms with E-state index in [4.69, 9.17) is 19.4 Å². The van der Waals surface area contributed by atoms with Crippen LogP contribution in [0.15, 0.2) is 150 Å². The molecule has 0 aliphatic rings. The summed E-state index contributed by atoms with van der Waals surface area (Å²) in [7, 11) is 0. The molecule has 0 atom stereocenters. The van der Waals surface area contributed by atoms with Crippen LogP contribution in [0, 0.1) is 0 Å². The van der Waals surface area contributed by atoms with Gasteiger partial charge in [0.05, 0.1) is 16.3 Å². The molecule has 0 saturated heterocycles. The van der Waals surface area contributed by atoms with E-state index in [0.29, 0.717) is 17.5 Å². The topological polar surface area (TPSA) is 72.5 Å². The summed E-state index contributed by atoms with van der Waals surface area (Å²) >= 11 is 0. The maximum atomic E-state index is 6.65. The maximum Gasteiger partial charge on any atom is 0.215 e. The van der Waals surface area contributed by atoms with Crippen molar-refractivity contribution in [3.8, 4) is 39.9 Å². The zero-order valence-corrected chi connectivity index (χ0v) is 25.1. The maximum absolute atomic E-state index is 6.65. The van der Waals surface area contributed by atoms with Crippen molar-refractivity contribution in [1.29, 1.82) is 0 Å². The Kier molecular flexibility index (Phi) is 5.48. The summed E-state index contributed by atoms with van der Waals surface area (Å²) in [5.74, 6) is 1.90. The van der Waals surface area contributed by atoms with Crippen molar-refractivity contribution in [3.05, 3.63) is 146 Å². The predicted octanol–water partition coefficient (Wildman–Crippen LogP) is 10.4. The van der Waals surface area contributed by atoms with Crippen LogP contribution in [-0.2, 0) is 0 Å². The molecule has 0 saturated carbocycles. The number of aromatic amines is 1. The van der Waals surface area contributed by atoms with Gasteiger partial charge in [0, 0.05) is 38.7 Å². The average molecular weight is 604 g/mol. The van der Waals surface area contributed by atoms with E-state index in [1.54, 1.807) is 0 Å². The van der Waals surface area contributed by atoms with Crippen LogP contribution >= 0.6 is 0 Å². The van der Waals surface area contributed by atoms with Crippen molar-refractivity contribution in [2.75, 3.05) is 0 Å². The summed E-state index contributed by atoms with van der Waals surface area (Å²) in [6, 6.07) is 49.9. The zero-order chi connectivity index (χ0) is 30.9. The molecule has 1 N–H and O–H groups in total. The number of fused-ring (bicyclic) bond motifs is 8. The minimum absolute atomic E-state index is 0.621. The van der Waals surface area contributed by atoms with Gasteiger partial charge in [-0.3, -0.25) is 4.57 Å². The Morgan fingerprint density at radius 1 is 0.489 bits per heavy atom. The number of aromatic nitrogens is 5. The van der Waals surface area contributed by atoms with Crippen molar-refractivity contribution < 1.29 is 4.42 Å². The first-order valence-corrected chi connectivity index (χ1v) is 15.6. The number of benzene rings is 6. The molecule has 0 aliphatic carbocycles. The van der Waals surface area contributed by atoms with Crippen LogP contribution in [0.1, 0.15) is 0 Å². The third kappa shape index (κ3) is 4.02. The minimum atomic E-state index is 0.621. The molecule has 0 fully saturated rings. The molecule has 10 rings (SSSR count). The highest BCUT2D eigenvalue weighted by Gasteiger charge is 2.23. The van der Waals surface area contributed by atoms with Crippen molar-refractivity contribution >= 4 is 54.8 Å². The van der Waals surface area contributed by atoms with Gasteiger partial charge in [-0.15, -0.1) is 0 Å². The predicted molar refractivity (Wildman–Crippen MR) is 190 cm³/mol. The van der Waals surface area contributed by atoms with Gasteiger partial charge in [-0.2, -0.15) is 0 Å². The van der Waals surface area contributed by atoms with Crippen molar-refractivity contribution in [2.24, 2.45) is 0 Å². The van der Waals surface area contributed by atoms with Gasteiger partial charge in [-0.1, -0.05) is 103 Å². The monoisotopic (exact) mass is 603 g/mol. The second kappa shape index (κ2) is 9.99. The van der Waals surface area contributed by atoms with E-state index < -0.39 is 0 Å². The van der Waals surface area contributed by atoms with E-state index >= 15 is 0 Å². The Balaban J connectivity index is 1.18. The van der Waals surface area contributed by atoms with Gasteiger partial charge >= 0.3 is 0 Å². The fourth-order valence-electron chi connectivity index (χ4n) is 6.78. The first-order valence-electron chi connectivity index (χ1n) is 15.6. The molecule has 47 heavy (non-hydrogen) atoms. The number of H-pyrrole nitrogens is 1. The lowest BCUT2D eigenvalue weighted by Crippen LogP contribution is -2.00. The number of hydrogen-bond donors (Lipinski definition) is 1. The van der Waals surface area contributed by atoms with Gasteiger partial charge in [0.25, 0.3) is 0 Å². The fraction of sp³-hybridized carbons (Fsp3) is 0. The van der Waals surface area contributed by atoms with Crippen molar-refractivity contribution in [1.82, 2.24) is 24.5 Å². The molecule has 0 bridgehead atoms. The summed E-state index contributed by atoms with van der Waals surface area (Å²) in [5.41, 5.74) is 7.54. The lowest BCUT2D eigenvalue weighted by atomic mass is 10.1. The van der Waals surface area contributed by atoms with Crippen LogP contribution < -0.4 is 0 Å². The number of nitrogens with zero attached hydrogens (tertiary/aromatic N) is 4. The molecule has 0 unspecified atom stereocenters. The van der Waals surface area contributed by atoms with Crippen LogP contribution in [0.4, 0.5) is 0 Å². The highest BCUT2D eigenvalue weighted by atomic mass is 16.4. The SMILES string of the molecule is c1ccc(-c2nc(-c3ccccc3)nc(-c3ccc(-n4c5cc6ccccc6cc5c5c6c([nH]c7ccccc76)oc54)cc3)n2)cc1. The Morgan fingerprint density at radius 3 is 1.70 bits per heavy atom. The second-order valence-corrected chi connectivity index (χ2v) is 11.8. The van der Waals surface area contributed by atoms with E-state index in [-0.39, 0.29) is 0 Å². The quantitative estimate of drug-likeness (QED) is 0.217. The zero-order valence-electron chi connectivity index (χ0n) is 25.1. The molecule has 0 spiro atoms. The fourth-order valence-corrected chi connectivity index (χ4v) is 6.78. The smallest absolute Gasteiger partial charge is 0.215 e. The van der Waals surface area contributed by atoms with Crippen LogP contribution in [0.5, 0.6) is 0 Å². The highest BCUT2D eigenvalue weighted by Crippen LogP contribution is 2.43. The first kappa shape index (κ1) is 25.8. The molecule has 10 aromatic rings. The first-order chi connectivity index (χ1) is 23.3. The van der Waals surface area contributed by atoms with Gasteiger partial charge < -0.3 is 9.40 Å². The lowest BCUT2D eigenvalue weighted by molar-refractivity contribution is 0.635. The average Bonchev–Trinajstić information content (AvgIpc) is 3.78. The molecule has 4 heterocycles. The number of furan rings is 1. The van der Waals surface area contributed by atoms with Crippen molar-refractivity contribution in [3.63, 3.8) is 0 Å². The van der Waals surface area contributed by atoms with E-state index in [9.17, 15) is 0 Å². The molecular formula is C41H25N5O. The van der Waals surface area contributed by atoms with E-state index in [1.165, 1.54) is 10.8 Å². The summed E-state index contributed by atoms with van der Waals surface area (Å²) in [4.78, 5) is 18.2. The van der Waals surface area contributed by atoms with Gasteiger partial charge in [0.1, 0.15) is 0 Å². The standard InChI is InChI=1S/C41H25N5O/c1-3-11-25(12-4-1)37-43-38(26-13-5-2-6-14-26)45-39(44-37)27-19-21-30(22-20-27)46-34-24-29-16-8-7-15-28(29)23-32(34)36-35-31-17-9-10-18-33(31)42-40(35)47-41(36)46/h1-24,42H. The Labute approximate surface area is 268 Å². The minimum Gasteiger partial charge on any atom is -0.423 e. The van der Waals surface area contributed by atoms with Gasteiger partial charge in [-0.05, 0) is 53.2 Å². The Hall–Kier alpha value is -6.53. The Bertz CT molecular complexity index is 2720. The van der Waals surface area contributed by atoms with Crippen LogP contribution in [-0.4, -0.2) is 24.5 Å².